The Morgan fingerprint density at radius 3 is 2.33 bits per heavy atom. The lowest BCUT2D eigenvalue weighted by atomic mass is 10.3. The number of aromatic nitrogens is 2. The fourth-order valence-corrected chi connectivity index (χ4v) is 0.535. The molecule has 0 aliphatic carbocycles. The molecule has 68 valence electrons. The number of hydrogen-bond donors (Lipinski definition) is 1. The molecule has 0 amide bonds. The van der Waals surface area contributed by atoms with Crippen molar-refractivity contribution in [1.82, 2.24) is 10.1 Å². The van der Waals surface area contributed by atoms with E-state index in [1.54, 1.807) is 0 Å². The molecule has 0 spiro atoms. The molecule has 0 radical (unpaired) electrons. The average molecular weight is 181 g/mol. The summed E-state index contributed by atoms with van der Waals surface area (Å²) in [6, 6.07) is -0.662. The summed E-state index contributed by atoms with van der Waals surface area (Å²) in [5.41, 5.74) is 5.22. The van der Waals surface area contributed by atoms with Gasteiger partial charge in [0.2, 0.25) is 0 Å². The van der Waals surface area contributed by atoms with Crippen molar-refractivity contribution in [3.63, 3.8) is 0 Å². The van der Waals surface area contributed by atoms with Gasteiger partial charge in [0, 0.05) is 0 Å². The van der Waals surface area contributed by atoms with Crippen LogP contribution in [0.15, 0.2) is 4.52 Å². The van der Waals surface area contributed by atoms with Crippen LogP contribution in [0, 0.1) is 0 Å². The van der Waals surface area contributed by atoms with Gasteiger partial charge in [0.15, 0.2) is 5.82 Å². The zero-order valence-corrected chi connectivity index (χ0v) is 6.09. The second-order valence-electron chi connectivity index (χ2n) is 2.24. The van der Waals surface area contributed by atoms with Crippen LogP contribution in [0.1, 0.15) is 24.7 Å². The summed E-state index contributed by atoms with van der Waals surface area (Å²) in [6.45, 7) is 1.46. The van der Waals surface area contributed by atoms with Crippen molar-refractivity contribution >= 4 is 0 Å². The molecule has 1 rings (SSSR count). The lowest BCUT2D eigenvalue weighted by Gasteiger charge is -1.96. The van der Waals surface area contributed by atoms with E-state index in [2.05, 4.69) is 14.7 Å². The molecule has 12 heavy (non-hydrogen) atoms. The first-order chi connectivity index (χ1) is 5.41. The lowest BCUT2D eigenvalue weighted by Crippen LogP contribution is -2.09. The van der Waals surface area contributed by atoms with Crippen LogP contribution >= 0.6 is 0 Å². The molecule has 0 saturated carbocycles. The van der Waals surface area contributed by atoms with Gasteiger partial charge in [0.05, 0.1) is 6.04 Å². The van der Waals surface area contributed by atoms with E-state index in [1.165, 1.54) is 6.92 Å². The number of halogens is 3. The molecule has 0 aromatic carbocycles. The normalized spacial score (nSPS) is 14.8. The molecule has 0 aliphatic rings. The minimum Gasteiger partial charge on any atom is -0.329 e. The first kappa shape index (κ1) is 8.98. The van der Waals surface area contributed by atoms with E-state index in [1.807, 2.05) is 0 Å². The molecule has 4 nitrogen and oxygen atoms in total. The second-order valence-corrected chi connectivity index (χ2v) is 2.24. The van der Waals surface area contributed by atoms with Gasteiger partial charge in [-0.05, 0) is 6.92 Å². The van der Waals surface area contributed by atoms with Gasteiger partial charge in [-0.15, -0.1) is 0 Å². The van der Waals surface area contributed by atoms with Gasteiger partial charge >= 0.3 is 12.1 Å². The lowest BCUT2D eigenvalue weighted by molar-refractivity contribution is -0.159. The number of rotatable bonds is 1. The zero-order valence-electron chi connectivity index (χ0n) is 6.09. The fraction of sp³-hybridized carbons (Fsp3) is 0.600. The average Bonchev–Trinajstić information content (AvgIpc) is 2.30. The molecule has 0 saturated heterocycles. The summed E-state index contributed by atoms with van der Waals surface area (Å²) in [7, 11) is 0. The number of nitrogens with zero attached hydrogens (tertiary/aromatic N) is 2. The molecule has 0 unspecified atom stereocenters. The predicted octanol–water partition coefficient (Wildman–Crippen LogP) is 1.11. The smallest absolute Gasteiger partial charge is 0.329 e. The van der Waals surface area contributed by atoms with Crippen molar-refractivity contribution in [2.75, 3.05) is 0 Å². The van der Waals surface area contributed by atoms with Crippen molar-refractivity contribution in [2.45, 2.75) is 19.1 Å². The monoisotopic (exact) mass is 181 g/mol. The van der Waals surface area contributed by atoms with Gasteiger partial charge < -0.3 is 10.3 Å². The first-order valence-electron chi connectivity index (χ1n) is 3.07. The quantitative estimate of drug-likeness (QED) is 0.704. The van der Waals surface area contributed by atoms with Crippen LogP contribution in [-0.2, 0) is 6.18 Å². The van der Waals surface area contributed by atoms with Crippen LogP contribution in [-0.4, -0.2) is 10.1 Å². The van der Waals surface area contributed by atoms with Crippen molar-refractivity contribution in [3.05, 3.63) is 11.7 Å². The second kappa shape index (κ2) is 2.74. The highest BCUT2D eigenvalue weighted by atomic mass is 19.4. The third-order valence-electron chi connectivity index (χ3n) is 1.09. The summed E-state index contributed by atoms with van der Waals surface area (Å²) in [4.78, 5) is 3.05. The predicted molar refractivity (Wildman–Crippen MR) is 31.9 cm³/mol. The Kier molecular flexibility index (Phi) is 2.05. The summed E-state index contributed by atoms with van der Waals surface area (Å²) in [5, 5.41) is 3.05. The summed E-state index contributed by atoms with van der Waals surface area (Å²) >= 11 is 0. The molecular weight excluding hydrogens is 175 g/mol. The fourth-order valence-electron chi connectivity index (χ4n) is 0.535. The van der Waals surface area contributed by atoms with Gasteiger partial charge in [-0.2, -0.15) is 18.2 Å². The van der Waals surface area contributed by atoms with Crippen LogP contribution in [0.25, 0.3) is 0 Å². The highest BCUT2D eigenvalue weighted by molar-refractivity contribution is 4.93. The number of hydrogen-bond acceptors (Lipinski definition) is 4. The largest absolute Gasteiger partial charge is 0.471 e. The van der Waals surface area contributed by atoms with E-state index in [9.17, 15) is 13.2 Å². The van der Waals surface area contributed by atoms with E-state index < -0.39 is 18.1 Å². The van der Waals surface area contributed by atoms with Gasteiger partial charge in [-0.25, -0.2) is 0 Å². The van der Waals surface area contributed by atoms with Crippen molar-refractivity contribution in [2.24, 2.45) is 5.73 Å². The Bertz CT molecular complexity index is 267. The minimum atomic E-state index is -4.60. The van der Waals surface area contributed by atoms with Crippen LogP contribution in [0.5, 0.6) is 0 Å². The maximum atomic E-state index is 11.8. The highest BCUT2D eigenvalue weighted by Crippen LogP contribution is 2.27. The molecule has 0 fully saturated rings. The van der Waals surface area contributed by atoms with Crippen molar-refractivity contribution in [3.8, 4) is 0 Å². The maximum Gasteiger partial charge on any atom is 0.471 e. The van der Waals surface area contributed by atoms with Gasteiger partial charge in [0.25, 0.3) is 0 Å². The molecule has 1 aromatic rings. The summed E-state index contributed by atoms with van der Waals surface area (Å²) in [6.07, 6.45) is -4.60. The molecular formula is C5H6F3N3O. The van der Waals surface area contributed by atoms with E-state index in [0.717, 1.165) is 0 Å². The SMILES string of the molecule is C[C@@H](N)c1noc(C(F)(F)F)n1. The molecule has 7 heteroatoms. The minimum absolute atomic E-state index is 0.151. The van der Waals surface area contributed by atoms with E-state index in [-0.39, 0.29) is 5.82 Å². The maximum absolute atomic E-state index is 11.8. The van der Waals surface area contributed by atoms with Crippen LogP contribution in [0.3, 0.4) is 0 Å². The zero-order chi connectivity index (χ0) is 9.35. The Labute approximate surface area is 65.5 Å². The van der Waals surface area contributed by atoms with Crippen LogP contribution < -0.4 is 5.73 Å². The Morgan fingerprint density at radius 2 is 2.08 bits per heavy atom. The van der Waals surface area contributed by atoms with Gasteiger partial charge in [-0.1, -0.05) is 5.16 Å². The summed E-state index contributed by atoms with van der Waals surface area (Å²) < 4.78 is 39.4. The molecule has 1 aromatic heterocycles. The van der Waals surface area contributed by atoms with Gasteiger partial charge in [-0.3, -0.25) is 0 Å². The number of alkyl halides is 3. The van der Waals surface area contributed by atoms with E-state index in [0.29, 0.717) is 0 Å². The third-order valence-corrected chi connectivity index (χ3v) is 1.09. The first-order valence-corrected chi connectivity index (χ1v) is 3.07. The molecule has 2 N–H and O–H groups in total. The van der Waals surface area contributed by atoms with Gasteiger partial charge in [0.1, 0.15) is 0 Å². The topological polar surface area (TPSA) is 64.9 Å². The molecule has 0 aliphatic heterocycles. The van der Waals surface area contributed by atoms with Crippen LogP contribution in [0.2, 0.25) is 0 Å². The Morgan fingerprint density at radius 1 is 1.50 bits per heavy atom. The Balaban J connectivity index is 2.92. The standard InChI is InChI=1S/C5H6F3N3O/c1-2(9)3-10-4(12-11-3)5(6,7)8/h2H,9H2,1H3/t2-/m1/s1. The highest BCUT2D eigenvalue weighted by Gasteiger charge is 2.38. The Hall–Kier alpha value is -1.11. The van der Waals surface area contributed by atoms with E-state index >= 15 is 0 Å². The summed E-state index contributed by atoms with van der Waals surface area (Å²) in [5.74, 6) is -1.52. The van der Waals surface area contributed by atoms with Crippen LogP contribution in [0.4, 0.5) is 13.2 Å². The van der Waals surface area contributed by atoms with Crippen molar-refractivity contribution in [1.29, 1.82) is 0 Å². The van der Waals surface area contributed by atoms with E-state index in [4.69, 9.17) is 5.73 Å². The molecule has 1 atom stereocenters. The third kappa shape index (κ3) is 1.73. The number of nitrogens with two attached hydrogens (primary N) is 1. The molecule has 0 bridgehead atoms. The van der Waals surface area contributed by atoms with Crippen molar-refractivity contribution < 1.29 is 17.7 Å². The molecule has 1 heterocycles.